The molecule has 0 amide bonds. The molecule has 0 bridgehead atoms. The zero-order valence-electron chi connectivity index (χ0n) is 9.17. The number of halogens is 1. The first kappa shape index (κ1) is 12.3. The van der Waals surface area contributed by atoms with E-state index < -0.39 is 0 Å². The second kappa shape index (κ2) is 6.65. The molecule has 1 aromatic rings. The Balaban J connectivity index is 2.60. The summed E-state index contributed by atoms with van der Waals surface area (Å²) in [7, 11) is 0. The molecule has 1 nitrogen and oxygen atoms in total. The van der Waals surface area contributed by atoms with Crippen LogP contribution in [0.15, 0.2) is 36.9 Å². The summed E-state index contributed by atoms with van der Waals surface area (Å²) >= 11 is 5.94. The van der Waals surface area contributed by atoms with Crippen molar-refractivity contribution in [2.45, 2.75) is 25.8 Å². The highest BCUT2D eigenvalue weighted by molar-refractivity contribution is 6.30. The molecule has 1 atom stereocenters. The van der Waals surface area contributed by atoms with Crippen LogP contribution in [0.2, 0.25) is 5.02 Å². The first-order valence-corrected chi connectivity index (χ1v) is 5.72. The SMILES string of the molecule is C=CCC(Cc1cccc(Cl)c1)NCC. The minimum absolute atomic E-state index is 0.464. The first-order chi connectivity index (χ1) is 7.26. The third kappa shape index (κ3) is 4.50. The Bertz CT molecular complexity index is 309. The molecule has 0 aliphatic rings. The van der Waals surface area contributed by atoms with Crippen LogP contribution in [-0.2, 0) is 6.42 Å². The molecule has 15 heavy (non-hydrogen) atoms. The fraction of sp³-hybridized carbons (Fsp3) is 0.385. The zero-order valence-corrected chi connectivity index (χ0v) is 9.93. The van der Waals surface area contributed by atoms with E-state index in [1.807, 2.05) is 24.3 Å². The predicted octanol–water partition coefficient (Wildman–Crippen LogP) is 3.44. The summed E-state index contributed by atoms with van der Waals surface area (Å²) in [6.45, 7) is 6.88. The van der Waals surface area contributed by atoms with Crippen molar-refractivity contribution in [3.8, 4) is 0 Å². The molecule has 1 N–H and O–H groups in total. The smallest absolute Gasteiger partial charge is 0.0408 e. The molecule has 0 saturated carbocycles. The van der Waals surface area contributed by atoms with Crippen molar-refractivity contribution in [2.75, 3.05) is 6.54 Å². The van der Waals surface area contributed by atoms with Gasteiger partial charge < -0.3 is 5.32 Å². The van der Waals surface area contributed by atoms with Gasteiger partial charge in [0.15, 0.2) is 0 Å². The number of rotatable bonds is 6. The molecular formula is C13H18ClN. The van der Waals surface area contributed by atoms with Crippen LogP contribution in [0.5, 0.6) is 0 Å². The lowest BCUT2D eigenvalue weighted by molar-refractivity contribution is 0.530. The second-order valence-electron chi connectivity index (χ2n) is 3.61. The minimum atomic E-state index is 0.464. The number of hydrogen-bond donors (Lipinski definition) is 1. The largest absolute Gasteiger partial charge is 0.314 e. The van der Waals surface area contributed by atoms with Crippen LogP contribution in [0, 0.1) is 0 Å². The summed E-state index contributed by atoms with van der Waals surface area (Å²) in [5.74, 6) is 0. The fourth-order valence-electron chi connectivity index (χ4n) is 1.68. The molecule has 1 unspecified atom stereocenters. The first-order valence-electron chi connectivity index (χ1n) is 5.35. The van der Waals surface area contributed by atoms with Gasteiger partial charge in [-0.05, 0) is 37.1 Å². The molecule has 0 fully saturated rings. The molecule has 2 heteroatoms. The van der Waals surface area contributed by atoms with Gasteiger partial charge in [-0.2, -0.15) is 0 Å². The van der Waals surface area contributed by atoms with Crippen molar-refractivity contribution in [1.82, 2.24) is 5.32 Å². The van der Waals surface area contributed by atoms with Crippen molar-refractivity contribution in [3.05, 3.63) is 47.5 Å². The Hall–Kier alpha value is -0.790. The van der Waals surface area contributed by atoms with E-state index in [0.29, 0.717) is 6.04 Å². The Morgan fingerprint density at radius 1 is 1.53 bits per heavy atom. The maximum Gasteiger partial charge on any atom is 0.0408 e. The predicted molar refractivity (Wildman–Crippen MR) is 67.4 cm³/mol. The average Bonchev–Trinajstić information content (AvgIpc) is 2.18. The zero-order chi connectivity index (χ0) is 11.1. The highest BCUT2D eigenvalue weighted by Gasteiger charge is 2.06. The fourth-order valence-corrected chi connectivity index (χ4v) is 1.89. The molecule has 0 spiro atoms. The summed E-state index contributed by atoms with van der Waals surface area (Å²) < 4.78 is 0. The number of nitrogens with one attached hydrogen (secondary N) is 1. The van der Waals surface area contributed by atoms with Crippen LogP contribution in [0.25, 0.3) is 0 Å². The maximum absolute atomic E-state index is 5.94. The summed E-state index contributed by atoms with van der Waals surface area (Å²) in [4.78, 5) is 0. The maximum atomic E-state index is 5.94. The van der Waals surface area contributed by atoms with Crippen molar-refractivity contribution < 1.29 is 0 Å². The third-order valence-electron chi connectivity index (χ3n) is 2.32. The lowest BCUT2D eigenvalue weighted by Crippen LogP contribution is -2.30. The summed E-state index contributed by atoms with van der Waals surface area (Å²) in [6, 6.07) is 8.50. The molecule has 1 rings (SSSR count). The van der Waals surface area contributed by atoms with Crippen LogP contribution in [-0.4, -0.2) is 12.6 Å². The second-order valence-corrected chi connectivity index (χ2v) is 4.05. The van der Waals surface area contributed by atoms with Gasteiger partial charge in [0.25, 0.3) is 0 Å². The van der Waals surface area contributed by atoms with Crippen LogP contribution < -0.4 is 5.32 Å². The molecule has 0 heterocycles. The van der Waals surface area contributed by atoms with Gasteiger partial charge >= 0.3 is 0 Å². The van der Waals surface area contributed by atoms with Gasteiger partial charge in [-0.3, -0.25) is 0 Å². The topological polar surface area (TPSA) is 12.0 Å². The molecule has 82 valence electrons. The Kier molecular flexibility index (Phi) is 5.44. The Labute approximate surface area is 97.1 Å². The van der Waals surface area contributed by atoms with Crippen LogP contribution in [0.4, 0.5) is 0 Å². The number of hydrogen-bond acceptors (Lipinski definition) is 1. The quantitative estimate of drug-likeness (QED) is 0.729. The van der Waals surface area contributed by atoms with E-state index in [9.17, 15) is 0 Å². The van der Waals surface area contributed by atoms with Gasteiger partial charge in [-0.1, -0.05) is 36.7 Å². The van der Waals surface area contributed by atoms with Crippen molar-refractivity contribution >= 4 is 11.6 Å². The molecule has 0 aliphatic heterocycles. The van der Waals surface area contributed by atoms with E-state index in [4.69, 9.17) is 11.6 Å². The van der Waals surface area contributed by atoms with Crippen LogP contribution in [0.1, 0.15) is 18.9 Å². The highest BCUT2D eigenvalue weighted by Crippen LogP contribution is 2.13. The molecule has 1 aromatic carbocycles. The van der Waals surface area contributed by atoms with E-state index in [2.05, 4.69) is 24.9 Å². The lowest BCUT2D eigenvalue weighted by Gasteiger charge is -2.16. The van der Waals surface area contributed by atoms with Gasteiger partial charge in [0.05, 0.1) is 0 Å². The average molecular weight is 224 g/mol. The van der Waals surface area contributed by atoms with Gasteiger partial charge in [0, 0.05) is 11.1 Å². The molecule has 0 radical (unpaired) electrons. The van der Waals surface area contributed by atoms with Gasteiger partial charge in [-0.25, -0.2) is 0 Å². The Morgan fingerprint density at radius 2 is 2.33 bits per heavy atom. The van der Waals surface area contributed by atoms with Crippen molar-refractivity contribution in [3.63, 3.8) is 0 Å². The van der Waals surface area contributed by atoms with Gasteiger partial charge in [0.2, 0.25) is 0 Å². The van der Waals surface area contributed by atoms with E-state index >= 15 is 0 Å². The van der Waals surface area contributed by atoms with Gasteiger partial charge in [0.1, 0.15) is 0 Å². The van der Waals surface area contributed by atoms with E-state index in [1.54, 1.807) is 0 Å². The van der Waals surface area contributed by atoms with Crippen molar-refractivity contribution in [2.24, 2.45) is 0 Å². The normalized spacial score (nSPS) is 12.4. The number of likely N-dealkylation sites (N-methyl/N-ethyl adjacent to an activating group) is 1. The number of benzene rings is 1. The summed E-state index contributed by atoms with van der Waals surface area (Å²) in [6.07, 6.45) is 3.94. The molecular weight excluding hydrogens is 206 g/mol. The highest BCUT2D eigenvalue weighted by atomic mass is 35.5. The minimum Gasteiger partial charge on any atom is -0.314 e. The van der Waals surface area contributed by atoms with Crippen LogP contribution in [0.3, 0.4) is 0 Å². The standard InChI is InChI=1S/C13H18ClN/c1-3-6-13(15-4-2)10-11-7-5-8-12(14)9-11/h3,5,7-9,13,15H,1,4,6,10H2,2H3. The Morgan fingerprint density at radius 3 is 2.93 bits per heavy atom. The van der Waals surface area contributed by atoms with Gasteiger partial charge in [-0.15, -0.1) is 6.58 Å². The third-order valence-corrected chi connectivity index (χ3v) is 2.55. The van der Waals surface area contributed by atoms with E-state index in [0.717, 1.165) is 24.4 Å². The van der Waals surface area contributed by atoms with E-state index in [1.165, 1.54) is 5.56 Å². The molecule has 0 aliphatic carbocycles. The monoisotopic (exact) mass is 223 g/mol. The summed E-state index contributed by atoms with van der Waals surface area (Å²) in [5, 5.41) is 4.24. The molecule has 0 aromatic heterocycles. The van der Waals surface area contributed by atoms with E-state index in [-0.39, 0.29) is 0 Å². The van der Waals surface area contributed by atoms with Crippen LogP contribution >= 0.6 is 11.6 Å². The van der Waals surface area contributed by atoms with Crippen molar-refractivity contribution in [1.29, 1.82) is 0 Å². The molecule has 0 saturated heterocycles. The summed E-state index contributed by atoms with van der Waals surface area (Å²) in [5.41, 5.74) is 1.27. The lowest BCUT2D eigenvalue weighted by atomic mass is 10.0.